The minimum Gasteiger partial charge on any atom is -0.494 e. The molecule has 1 aromatic carbocycles. The molecule has 0 bridgehead atoms. The molecule has 5 heteroatoms. The quantitative estimate of drug-likeness (QED) is 0.891. The van der Waals surface area contributed by atoms with Gasteiger partial charge in [0.25, 0.3) is 0 Å². The molecule has 0 saturated carbocycles. The van der Waals surface area contributed by atoms with Crippen LogP contribution in [0.4, 0.5) is 4.39 Å². The summed E-state index contributed by atoms with van der Waals surface area (Å²) in [5.74, 6) is 0.0721. The van der Waals surface area contributed by atoms with Crippen LogP contribution in [0.25, 0.3) is 11.3 Å². The zero-order valence-electron chi connectivity index (χ0n) is 9.48. The van der Waals surface area contributed by atoms with Crippen LogP contribution in [0.1, 0.15) is 18.8 Å². The lowest BCUT2D eigenvalue weighted by atomic mass is 10.1. The molecule has 0 aliphatic heterocycles. The average Bonchev–Trinajstić information content (AvgIpc) is 2.79. The smallest absolute Gasteiger partial charge is 0.165 e. The zero-order chi connectivity index (χ0) is 12.4. The Kier molecular flexibility index (Phi) is 3.10. The Morgan fingerprint density at radius 1 is 1.41 bits per heavy atom. The van der Waals surface area contributed by atoms with Crippen molar-refractivity contribution in [3.63, 3.8) is 0 Å². The fourth-order valence-electron chi connectivity index (χ4n) is 1.44. The molecule has 1 atom stereocenters. The molecule has 4 nitrogen and oxygen atoms in total. The fraction of sp³-hybridized carbons (Fsp3) is 0.250. The summed E-state index contributed by atoms with van der Waals surface area (Å²) in [5.41, 5.74) is 1.19. The minimum atomic E-state index is -0.724. The Morgan fingerprint density at radius 2 is 2.18 bits per heavy atom. The first-order valence-corrected chi connectivity index (χ1v) is 5.10. The molecule has 0 amide bonds. The van der Waals surface area contributed by atoms with E-state index in [4.69, 9.17) is 9.26 Å². The molecule has 1 aromatic heterocycles. The fourth-order valence-corrected chi connectivity index (χ4v) is 1.44. The lowest BCUT2D eigenvalue weighted by Gasteiger charge is -2.02. The second-order valence-corrected chi connectivity index (χ2v) is 3.64. The monoisotopic (exact) mass is 237 g/mol. The number of ether oxygens (including phenoxy) is 1. The number of hydrogen-bond acceptors (Lipinski definition) is 4. The number of benzene rings is 1. The van der Waals surface area contributed by atoms with Gasteiger partial charge in [-0.05, 0) is 25.1 Å². The molecule has 1 N–H and O–H groups in total. The summed E-state index contributed by atoms with van der Waals surface area (Å²) in [6.45, 7) is 1.58. The lowest BCUT2D eigenvalue weighted by molar-refractivity contribution is 0.158. The van der Waals surface area contributed by atoms with Gasteiger partial charge in [-0.1, -0.05) is 5.16 Å². The van der Waals surface area contributed by atoms with Crippen molar-refractivity contribution in [1.82, 2.24) is 5.16 Å². The van der Waals surface area contributed by atoms with E-state index in [0.717, 1.165) is 0 Å². The maximum Gasteiger partial charge on any atom is 0.165 e. The molecule has 0 radical (unpaired) electrons. The molecule has 90 valence electrons. The number of nitrogens with zero attached hydrogens (tertiary/aromatic N) is 1. The van der Waals surface area contributed by atoms with E-state index < -0.39 is 11.9 Å². The average molecular weight is 237 g/mol. The number of aliphatic hydroxyl groups excluding tert-OH is 1. The van der Waals surface area contributed by atoms with Gasteiger partial charge in [0.1, 0.15) is 11.8 Å². The van der Waals surface area contributed by atoms with Crippen LogP contribution >= 0.6 is 0 Å². The standard InChI is InChI=1S/C12H12FNO3/c1-7(15)11-6-10(14-17-11)8-3-4-9(13)12(5-8)16-2/h3-7,15H,1-2H3. The number of rotatable bonds is 3. The Hall–Kier alpha value is -1.88. The van der Waals surface area contributed by atoms with E-state index in [1.165, 1.54) is 19.2 Å². The number of hydrogen-bond donors (Lipinski definition) is 1. The minimum absolute atomic E-state index is 0.143. The number of aromatic nitrogens is 1. The van der Waals surface area contributed by atoms with Crippen molar-refractivity contribution < 1.29 is 18.8 Å². The second kappa shape index (κ2) is 4.55. The predicted molar refractivity (Wildman–Crippen MR) is 59.1 cm³/mol. The van der Waals surface area contributed by atoms with Crippen molar-refractivity contribution in [2.24, 2.45) is 0 Å². The highest BCUT2D eigenvalue weighted by molar-refractivity contribution is 5.61. The summed E-state index contributed by atoms with van der Waals surface area (Å²) in [4.78, 5) is 0. The van der Waals surface area contributed by atoms with Gasteiger partial charge in [-0.15, -0.1) is 0 Å². The van der Waals surface area contributed by atoms with Crippen LogP contribution < -0.4 is 4.74 Å². The predicted octanol–water partition coefficient (Wildman–Crippen LogP) is 2.54. The van der Waals surface area contributed by atoms with Crippen LogP contribution in [-0.2, 0) is 0 Å². The van der Waals surface area contributed by atoms with E-state index in [-0.39, 0.29) is 5.75 Å². The van der Waals surface area contributed by atoms with Crippen molar-refractivity contribution in [3.05, 3.63) is 35.8 Å². The highest BCUT2D eigenvalue weighted by atomic mass is 19.1. The molecule has 0 fully saturated rings. The van der Waals surface area contributed by atoms with Crippen LogP contribution in [0.3, 0.4) is 0 Å². The molecule has 17 heavy (non-hydrogen) atoms. The van der Waals surface area contributed by atoms with E-state index in [9.17, 15) is 9.50 Å². The van der Waals surface area contributed by atoms with E-state index in [2.05, 4.69) is 5.16 Å². The van der Waals surface area contributed by atoms with Crippen molar-refractivity contribution in [1.29, 1.82) is 0 Å². The third-order valence-electron chi connectivity index (χ3n) is 2.39. The zero-order valence-corrected chi connectivity index (χ0v) is 9.48. The van der Waals surface area contributed by atoms with Crippen LogP contribution in [0.2, 0.25) is 0 Å². The first kappa shape index (κ1) is 11.6. The van der Waals surface area contributed by atoms with Crippen LogP contribution in [0, 0.1) is 5.82 Å². The van der Waals surface area contributed by atoms with Crippen molar-refractivity contribution >= 4 is 0 Å². The molecule has 1 heterocycles. The highest BCUT2D eigenvalue weighted by Crippen LogP contribution is 2.27. The van der Waals surface area contributed by atoms with Gasteiger partial charge in [0.15, 0.2) is 17.3 Å². The summed E-state index contributed by atoms with van der Waals surface area (Å²) in [6.07, 6.45) is -0.724. The Morgan fingerprint density at radius 3 is 2.76 bits per heavy atom. The number of methoxy groups -OCH3 is 1. The van der Waals surface area contributed by atoms with Gasteiger partial charge >= 0.3 is 0 Å². The van der Waals surface area contributed by atoms with Crippen molar-refractivity contribution in [2.45, 2.75) is 13.0 Å². The number of halogens is 1. The summed E-state index contributed by atoms with van der Waals surface area (Å²) in [7, 11) is 1.40. The summed E-state index contributed by atoms with van der Waals surface area (Å²) in [5, 5.41) is 13.1. The first-order chi connectivity index (χ1) is 8.11. The van der Waals surface area contributed by atoms with Crippen molar-refractivity contribution in [2.75, 3.05) is 7.11 Å². The second-order valence-electron chi connectivity index (χ2n) is 3.64. The van der Waals surface area contributed by atoms with Gasteiger partial charge in [0.05, 0.1) is 7.11 Å². The van der Waals surface area contributed by atoms with E-state index >= 15 is 0 Å². The van der Waals surface area contributed by atoms with Crippen LogP contribution in [0.15, 0.2) is 28.8 Å². The summed E-state index contributed by atoms with van der Waals surface area (Å²) >= 11 is 0. The largest absolute Gasteiger partial charge is 0.494 e. The van der Waals surface area contributed by atoms with Gasteiger partial charge in [0.2, 0.25) is 0 Å². The maximum absolute atomic E-state index is 13.2. The Balaban J connectivity index is 2.38. The molecular weight excluding hydrogens is 225 g/mol. The summed E-state index contributed by atoms with van der Waals surface area (Å²) < 4.78 is 23.0. The van der Waals surface area contributed by atoms with Gasteiger partial charge in [-0.25, -0.2) is 4.39 Å². The number of aliphatic hydroxyl groups is 1. The van der Waals surface area contributed by atoms with E-state index in [1.54, 1.807) is 19.1 Å². The van der Waals surface area contributed by atoms with Gasteiger partial charge in [0, 0.05) is 11.6 Å². The Labute approximate surface area is 97.6 Å². The topological polar surface area (TPSA) is 55.5 Å². The van der Waals surface area contributed by atoms with Crippen LogP contribution in [-0.4, -0.2) is 17.4 Å². The maximum atomic E-state index is 13.2. The normalized spacial score (nSPS) is 12.5. The lowest BCUT2D eigenvalue weighted by Crippen LogP contribution is -1.89. The van der Waals surface area contributed by atoms with Crippen LogP contribution in [0.5, 0.6) is 5.75 Å². The molecule has 0 aliphatic carbocycles. The SMILES string of the molecule is COc1cc(-c2cc(C(C)O)on2)ccc1F. The van der Waals surface area contributed by atoms with Crippen molar-refractivity contribution in [3.8, 4) is 17.0 Å². The molecule has 2 rings (SSSR count). The summed E-state index contributed by atoms with van der Waals surface area (Å²) in [6, 6.07) is 6.00. The molecule has 0 saturated heterocycles. The third-order valence-corrected chi connectivity index (χ3v) is 2.39. The van der Waals surface area contributed by atoms with Gasteiger partial charge in [-0.2, -0.15) is 0 Å². The molecule has 0 spiro atoms. The molecule has 0 aliphatic rings. The highest BCUT2D eigenvalue weighted by Gasteiger charge is 2.12. The third kappa shape index (κ3) is 2.29. The van der Waals surface area contributed by atoms with E-state index in [1.807, 2.05) is 0 Å². The Bertz CT molecular complexity index is 522. The first-order valence-electron chi connectivity index (χ1n) is 5.10. The van der Waals surface area contributed by atoms with E-state index in [0.29, 0.717) is 17.0 Å². The molecular formula is C12H12FNO3. The van der Waals surface area contributed by atoms with Gasteiger partial charge in [-0.3, -0.25) is 0 Å². The molecule has 1 unspecified atom stereocenters. The van der Waals surface area contributed by atoms with Gasteiger partial charge < -0.3 is 14.4 Å². The molecule has 2 aromatic rings.